The second-order valence-corrected chi connectivity index (χ2v) is 6.95. The van der Waals surface area contributed by atoms with Gasteiger partial charge in [0.1, 0.15) is 5.75 Å². The minimum atomic E-state index is -3.70. The summed E-state index contributed by atoms with van der Waals surface area (Å²) in [5.74, 6) is 0.926. The molecule has 0 radical (unpaired) electrons. The van der Waals surface area contributed by atoms with E-state index in [9.17, 15) is 13.2 Å². The van der Waals surface area contributed by atoms with Crippen molar-refractivity contribution in [1.82, 2.24) is 4.90 Å². The highest BCUT2D eigenvalue weighted by atomic mass is 32.2. The smallest absolute Gasteiger partial charge is 0.260 e. The van der Waals surface area contributed by atoms with Crippen molar-refractivity contribution in [3.05, 3.63) is 24.3 Å². The van der Waals surface area contributed by atoms with Crippen molar-refractivity contribution in [2.45, 2.75) is 24.7 Å². The molecule has 1 aliphatic rings. The Balaban J connectivity index is 1.89. The van der Waals surface area contributed by atoms with E-state index in [2.05, 4.69) is 6.92 Å². The highest BCUT2D eigenvalue weighted by Gasteiger charge is 2.21. The van der Waals surface area contributed by atoms with Crippen LogP contribution in [0, 0.1) is 5.92 Å². The zero-order valence-electron chi connectivity index (χ0n) is 12.0. The summed E-state index contributed by atoms with van der Waals surface area (Å²) in [4.78, 5) is 13.9. The maximum absolute atomic E-state index is 12.0. The van der Waals surface area contributed by atoms with Gasteiger partial charge in [0.25, 0.3) is 5.91 Å². The molecule has 1 aliphatic heterocycles. The normalized spacial score (nSPS) is 19.3. The molecule has 0 spiro atoms. The number of likely N-dealkylation sites (tertiary alicyclic amines) is 1. The average Bonchev–Trinajstić information content (AvgIpc) is 2.44. The molecule has 0 bridgehead atoms. The molecule has 6 nitrogen and oxygen atoms in total. The van der Waals surface area contributed by atoms with Crippen molar-refractivity contribution in [3.8, 4) is 5.75 Å². The van der Waals surface area contributed by atoms with Crippen molar-refractivity contribution >= 4 is 15.9 Å². The molecule has 2 N–H and O–H groups in total. The van der Waals surface area contributed by atoms with Crippen LogP contribution in [-0.2, 0) is 14.8 Å². The monoisotopic (exact) mass is 312 g/mol. The van der Waals surface area contributed by atoms with Gasteiger partial charge in [0.2, 0.25) is 10.0 Å². The van der Waals surface area contributed by atoms with Crippen LogP contribution in [0.15, 0.2) is 29.2 Å². The summed E-state index contributed by atoms with van der Waals surface area (Å²) in [6, 6.07) is 5.70. The molecular weight excluding hydrogens is 292 g/mol. The summed E-state index contributed by atoms with van der Waals surface area (Å²) >= 11 is 0. The van der Waals surface area contributed by atoms with E-state index in [4.69, 9.17) is 9.88 Å². The third-order valence-corrected chi connectivity index (χ3v) is 4.45. The van der Waals surface area contributed by atoms with Crippen molar-refractivity contribution in [3.63, 3.8) is 0 Å². The van der Waals surface area contributed by atoms with Crippen LogP contribution in [0.2, 0.25) is 0 Å². The summed E-state index contributed by atoms with van der Waals surface area (Å²) < 4.78 is 27.6. The number of nitrogens with zero attached hydrogens (tertiary/aromatic N) is 1. The molecular formula is C14H20N2O4S. The summed E-state index contributed by atoms with van der Waals surface area (Å²) in [7, 11) is -3.70. The van der Waals surface area contributed by atoms with Crippen molar-refractivity contribution in [2.24, 2.45) is 11.1 Å². The molecule has 1 aromatic rings. The molecule has 21 heavy (non-hydrogen) atoms. The molecule has 1 heterocycles. The highest BCUT2D eigenvalue weighted by Crippen LogP contribution is 2.17. The minimum Gasteiger partial charge on any atom is -0.484 e. The second kappa shape index (κ2) is 6.44. The Kier molecular flexibility index (Phi) is 4.84. The Bertz CT molecular complexity index is 598. The average molecular weight is 312 g/mol. The van der Waals surface area contributed by atoms with Crippen molar-refractivity contribution < 1.29 is 17.9 Å². The molecule has 0 aliphatic carbocycles. The number of nitrogens with two attached hydrogens (primary N) is 1. The van der Waals surface area contributed by atoms with Gasteiger partial charge in [0.15, 0.2) is 6.61 Å². The Hall–Kier alpha value is -1.60. The first kappa shape index (κ1) is 15.8. The van der Waals surface area contributed by atoms with E-state index in [1.54, 1.807) is 0 Å². The fourth-order valence-corrected chi connectivity index (χ4v) is 2.89. The first-order chi connectivity index (χ1) is 9.86. The largest absolute Gasteiger partial charge is 0.484 e. The van der Waals surface area contributed by atoms with Gasteiger partial charge in [-0.15, -0.1) is 0 Å². The lowest BCUT2D eigenvalue weighted by Gasteiger charge is -2.30. The first-order valence-corrected chi connectivity index (χ1v) is 8.44. The van der Waals surface area contributed by atoms with Crippen molar-refractivity contribution in [2.75, 3.05) is 19.7 Å². The Morgan fingerprint density at radius 3 is 2.62 bits per heavy atom. The van der Waals surface area contributed by atoms with Crippen LogP contribution in [0.1, 0.15) is 19.8 Å². The van der Waals surface area contributed by atoms with E-state index < -0.39 is 10.0 Å². The number of ether oxygens (including phenoxy) is 1. The summed E-state index contributed by atoms with van der Waals surface area (Å²) in [5.41, 5.74) is 0. The van der Waals surface area contributed by atoms with Crippen molar-refractivity contribution in [1.29, 1.82) is 0 Å². The predicted molar refractivity (Wildman–Crippen MR) is 78.3 cm³/mol. The number of carbonyl (C=O) groups excluding carboxylic acids is 1. The number of piperidine rings is 1. The second-order valence-electron chi connectivity index (χ2n) is 5.39. The van der Waals surface area contributed by atoms with Gasteiger partial charge >= 0.3 is 0 Å². The molecule has 0 saturated carbocycles. The lowest BCUT2D eigenvalue weighted by molar-refractivity contribution is -0.135. The number of rotatable bonds is 4. The zero-order valence-corrected chi connectivity index (χ0v) is 12.8. The molecule has 0 aromatic heterocycles. The maximum Gasteiger partial charge on any atom is 0.260 e. The maximum atomic E-state index is 12.0. The molecule has 1 fully saturated rings. The molecule has 2 rings (SSSR count). The van der Waals surface area contributed by atoms with Gasteiger partial charge in [-0.25, -0.2) is 13.6 Å². The van der Waals surface area contributed by atoms with Gasteiger partial charge in [0, 0.05) is 13.1 Å². The van der Waals surface area contributed by atoms with Gasteiger partial charge in [-0.3, -0.25) is 4.79 Å². The van der Waals surface area contributed by atoms with Gasteiger partial charge in [-0.05, 0) is 43.0 Å². The van der Waals surface area contributed by atoms with E-state index in [1.807, 2.05) is 4.90 Å². The Morgan fingerprint density at radius 2 is 2.05 bits per heavy atom. The van der Waals surface area contributed by atoms with Crippen LogP contribution in [-0.4, -0.2) is 38.9 Å². The Labute approximate surface area is 124 Å². The van der Waals surface area contributed by atoms with Crippen LogP contribution >= 0.6 is 0 Å². The lowest BCUT2D eigenvalue weighted by atomic mass is 10.0. The summed E-state index contributed by atoms with van der Waals surface area (Å²) in [6.45, 7) is 3.64. The molecule has 116 valence electrons. The lowest BCUT2D eigenvalue weighted by Crippen LogP contribution is -2.41. The van der Waals surface area contributed by atoms with E-state index in [-0.39, 0.29) is 17.4 Å². The third kappa shape index (κ3) is 4.44. The number of carbonyl (C=O) groups is 1. The topological polar surface area (TPSA) is 89.7 Å². The number of amides is 1. The number of hydrogen-bond acceptors (Lipinski definition) is 4. The van der Waals surface area contributed by atoms with E-state index in [1.165, 1.54) is 24.3 Å². The minimum absolute atomic E-state index is 0.0195. The predicted octanol–water partition coefficient (Wildman–Crippen LogP) is 0.971. The number of sulfonamides is 1. The number of benzene rings is 1. The number of hydrogen-bond donors (Lipinski definition) is 1. The Morgan fingerprint density at radius 1 is 1.38 bits per heavy atom. The molecule has 1 atom stereocenters. The van der Waals surface area contributed by atoms with Crippen LogP contribution in [0.3, 0.4) is 0 Å². The molecule has 1 unspecified atom stereocenters. The standard InChI is InChI=1S/C14H20N2O4S/c1-11-3-2-8-16(9-11)14(17)10-20-12-4-6-13(7-5-12)21(15,18)19/h4-7,11H,2-3,8-10H2,1H3,(H2,15,18,19). The fourth-order valence-electron chi connectivity index (χ4n) is 2.38. The SMILES string of the molecule is CC1CCCN(C(=O)COc2ccc(S(N)(=O)=O)cc2)C1. The van der Waals surface area contributed by atoms with Gasteiger partial charge < -0.3 is 9.64 Å². The summed E-state index contributed by atoms with van der Waals surface area (Å²) in [5, 5.41) is 5.01. The van der Waals surface area contributed by atoms with Gasteiger partial charge in [0.05, 0.1) is 4.90 Å². The van der Waals surface area contributed by atoms with E-state index >= 15 is 0 Å². The molecule has 7 heteroatoms. The first-order valence-electron chi connectivity index (χ1n) is 6.89. The fraction of sp³-hybridized carbons (Fsp3) is 0.500. The quantitative estimate of drug-likeness (QED) is 0.897. The van der Waals surface area contributed by atoms with Gasteiger partial charge in [-0.1, -0.05) is 6.92 Å². The van der Waals surface area contributed by atoms with Crippen LogP contribution in [0.4, 0.5) is 0 Å². The summed E-state index contributed by atoms with van der Waals surface area (Å²) in [6.07, 6.45) is 2.18. The molecule has 1 saturated heterocycles. The van der Waals surface area contributed by atoms with Crippen LogP contribution < -0.4 is 9.88 Å². The van der Waals surface area contributed by atoms with Crippen LogP contribution in [0.25, 0.3) is 0 Å². The van der Waals surface area contributed by atoms with Gasteiger partial charge in [-0.2, -0.15) is 0 Å². The highest BCUT2D eigenvalue weighted by molar-refractivity contribution is 7.89. The van der Waals surface area contributed by atoms with Crippen LogP contribution in [0.5, 0.6) is 5.75 Å². The molecule has 1 amide bonds. The molecule has 1 aromatic carbocycles. The third-order valence-electron chi connectivity index (χ3n) is 3.52. The van der Waals surface area contributed by atoms with E-state index in [0.717, 1.165) is 25.9 Å². The number of primary sulfonamides is 1. The van der Waals surface area contributed by atoms with E-state index in [0.29, 0.717) is 11.7 Å². The zero-order chi connectivity index (χ0) is 15.5.